The van der Waals surface area contributed by atoms with Crippen LogP contribution >= 0.6 is 28.1 Å². The molecule has 0 fully saturated rings. The number of nitrogens with zero attached hydrogens (tertiary/aromatic N) is 1. The van der Waals surface area contributed by atoms with Crippen molar-refractivity contribution in [2.45, 2.75) is 4.90 Å². The summed E-state index contributed by atoms with van der Waals surface area (Å²) in [6.45, 7) is 0. The highest BCUT2D eigenvalue weighted by Crippen LogP contribution is 2.23. The second-order valence-electron chi connectivity index (χ2n) is 3.59. The molecule has 4 N–H and O–H groups in total. The normalized spacial score (nSPS) is 11.2. The number of halogens is 1. The summed E-state index contributed by atoms with van der Waals surface area (Å²) in [6.07, 6.45) is 2.49. The Morgan fingerprint density at radius 3 is 2.79 bits per heavy atom. The minimum absolute atomic E-state index is 0.0318. The molecule has 19 heavy (non-hydrogen) atoms. The van der Waals surface area contributed by atoms with Crippen molar-refractivity contribution >= 4 is 48.8 Å². The third-order valence-electron chi connectivity index (χ3n) is 2.27. The van der Waals surface area contributed by atoms with E-state index in [2.05, 4.69) is 30.8 Å². The number of H-pyrrole nitrogens is 1. The molecule has 0 aliphatic heterocycles. The molecule has 100 valence electrons. The first-order valence-electron chi connectivity index (χ1n) is 5.01. The van der Waals surface area contributed by atoms with Crippen LogP contribution in [0, 0.1) is 0 Å². The Morgan fingerprint density at radius 1 is 1.47 bits per heavy atom. The van der Waals surface area contributed by atoms with E-state index in [-0.39, 0.29) is 9.88 Å². The molecule has 0 atom stereocenters. The topological polar surface area (TPSA) is 101 Å². The van der Waals surface area contributed by atoms with Crippen molar-refractivity contribution in [1.82, 2.24) is 10.2 Å². The van der Waals surface area contributed by atoms with Crippen molar-refractivity contribution < 1.29 is 8.42 Å². The maximum absolute atomic E-state index is 12.1. The zero-order valence-electron chi connectivity index (χ0n) is 9.42. The number of sulfonamides is 1. The van der Waals surface area contributed by atoms with Gasteiger partial charge in [0.2, 0.25) is 0 Å². The van der Waals surface area contributed by atoms with Gasteiger partial charge in [0.05, 0.1) is 11.9 Å². The molecule has 0 saturated heterocycles. The van der Waals surface area contributed by atoms with E-state index in [1.54, 1.807) is 18.2 Å². The van der Waals surface area contributed by atoms with Gasteiger partial charge in [-0.2, -0.15) is 5.10 Å². The van der Waals surface area contributed by atoms with Crippen molar-refractivity contribution in [2.75, 3.05) is 4.72 Å². The number of anilines is 1. The number of rotatable bonds is 4. The number of nitrogens with two attached hydrogens (primary N) is 1. The van der Waals surface area contributed by atoms with E-state index in [4.69, 9.17) is 18.0 Å². The Labute approximate surface area is 123 Å². The molecule has 9 heteroatoms. The number of benzene rings is 1. The smallest absolute Gasteiger partial charge is 0.265 e. The number of thiocarbonyl (C=S) groups is 1. The lowest BCUT2D eigenvalue weighted by Crippen LogP contribution is -2.17. The van der Waals surface area contributed by atoms with Crippen LogP contribution < -0.4 is 10.5 Å². The molecule has 2 aromatic rings. The van der Waals surface area contributed by atoms with Gasteiger partial charge < -0.3 is 5.73 Å². The highest BCUT2D eigenvalue weighted by Gasteiger charge is 2.17. The largest absolute Gasteiger partial charge is 0.389 e. The first-order chi connectivity index (χ1) is 8.90. The van der Waals surface area contributed by atoms with Crippen LogP contribution in [0.3, 0.4) is 0 Å². The summed E-state index contributed by atoms with van der Waals surface area (Å²) in [5.41, 5.74) is 6.34. The molecule has 6 nitrogen and oxygen atoms in total. The van der Waals surface area contributed by atoms with Crippen LogP contribution in [0.2, 0.25) is 0 Å². The predicted molar refractivity (Wildman–Crippen MR) is 79.4 cm³/mol. The zero-order chi connectivity index (χ0) is 14.0. The average molecular weight is 361 g/mol. The predicted octanol–water partition coefficient (Wildman–Crippen LogP) is 1.61. The monoisotopic (exact) mass is 360 g/mol. The lowest BCUT2D eigenvalue weighted by atomic mass is 10.2. The van der Waals surface area contributed by atoms with Crippen LogP contribution in [0.25, 0.3) is 0 Å². The van der Waals surface area contributed by atoms with E-state index in [0.29, 0.717) is 11.3 Å². The van der Waals surface area contributed by atoms with Gasteiger partial charge in [-0.1, -0.05) is 28.1 Å². The highest BCUT2D eigenvalue weighted by atomic mass is 79.9. The minimum atomic E-state index is -3.71. The molecule has 0 amide bonds. The van der Waals surface area contributed by atoms with Gasteiger partial charge >= 0.3 is 0 Å². The summed E-state index contributed by atoms with van der Waals surface area (Å²) < 4.78 is 27.3. The summed E-state index contributed by atoms with van der Waals surface area (Å²) in [6, 6.07) is 4.92. The van der Waals surface area contributed by atoms with E-state index in [1.807, 2.05) is 0 Å². The van der Waals surface area contributed by atoms with Gasteiger partial charge in [-0.15, -0.1) is 0 Å². The summed E-state index contributed by atoms with van der Waals surface area (Å²) in [5.74, 6) is 0. The van der Waals surface area contributed by atoms with Crippen LogP contribution in [-0.4, -0.2) is 23.6 Å². The Morgan fingerprint density at radius 2 is 2.21 bits per heavy atom. The molecule has 0 radical (unpaired) electrons. The van der Waals surface area contributed by atoms with E-state index in [0.717, 1.165) is 4.47 Å². The van der Waals surface area contributed by atoms with Gasteiger partial charge in [0.25, 0.3) is 10.0 Å². The molecule has 0 aliphatic carbocycles. The number of hydrogen-bond donors (Lipinski definition) is 3. The van der Waals surface area contributed by atoms with E-state index < -0.39 is 10.0 Å². The van der Waals surface area contributed by atoms with Crippen LogP contribution in [0.5, 0.6) is 0 Å². The number of aromatic nitrogens is 2. The standard InChI is InChI=1S/C10H9BrN4O2S2/c11-6-1-2-9(8(3-6)10(12)18)15-19(16,17)7-4-13-14-5-7/h1-5,15H,(H2,12,18)(H,13,14). The second kappa shape index (κ2) is 5.27. The highest BCUT2D eigenvalue weighted by molar-refractivity contribution is 9.10. The average Bonchev–Trinajstić information content (AvgIpc) is 2.85. The summed E-state index contributed by atoms with van der Waals surface area (Å²) in [7, 11) is -3.71. The van der Waals surface area contributed by atoms with Crippen LogP contribution in [-0.2, 0) is 10.0 Å². The molecular formula is C10H9BrN4O2S2. The fraction of sp³-hybridized carbons (Fsp3) is 0. The lowest BCUT2D eigenvalue weighted by molar-refractivity contribution is 0.601. The Bertz CT molecular complexity index is 713. The Kier molecular flexibility index (Phi) is 3.88. The van der Waals surface area contributed by atoms with Crippen molar-refractivity contribution in [2.24, 2.45) is 5.73 Å². The maximum atomic E-state index is 12.1. The zero-order valence-corrected chi connectivity index (χ0v) is 12.6. The SMILES string of the molecule is NC(=S)c1cc(Br)ccc1NS(=O)(=O)c1cn[nH]c1. The van der Waals surface area contributed by atoms with Gasteiger partial charge in [-0.25, -0.2) is 8.42 Å². The minimum Gasteiger partial charge on any atom is -0.389 e. The molecule has 0 unspecified atom stereocenters. The molecule has 1 aromatic carbocycles. The fourth-order valence-corrected chi connectivity index (χ4v) is 2.91. The van der Waals surface area contributed by atoms with E-state index in [1.165, 1.54) is 12.4 Å². The first-order valence-corrected chi connectivity index (χ1v) is 7.69. The van der Waals surface area contributed by atoms with E-state index >= 15 is 0 Å². The van der Waals surface area contributed by atoms with Crippen molar-refractivity contribution in [3.63, 3.8) is 0 Å². The third-order valence-corrected chi connectivity index (χ3v) is 4.32. The fourth-order valence-electron chi connectivity index (χ4n) is 1.40. The van der Waals surface area contributed by atoms with Gasteiger partial charge in [0.15, 0.2) is 0 Å². The molecule has 0 spiro atoms. The van der Waals surface area contributed by atoms with Crippen molar-refractivity contribution in [1.29, 1.82) is 0 Å². The summed E-state index contributed by atoms with van der Waals surface area (Å²) in [4.78, 5) is 0.135. The lowest BCUT2D eigenvalue weighted by Gasteiger charge is -2.11. The molecule has 0 aliphatic rings. The number of nitrogens with one attached hydrogen (secondary N) is 2. The molecule has 2 rings (SSSR count). The van der Waals surface area contributed by atoms with Gasteiger partial charge in [0, 0.05) is 16.2 Å². The van der Waals surface area contributed by atoms with Gasteiger partial charge in [0.1, 0.15) is 9.88 Å². The van der Waals surface area contributed by atoms with Crippen LogP contribution in [0.15, 0.2) is 40.0 Å². The van der Waals surface area contributed by atoms with Crippen molar-refractivity contribution in [3.05, 3.63) is 40.6 Å². The molecule has 1 aromatic heterocycles. The van der Waals surface area contributed by atoms with Crippen LogP contribution in [0.4, 0.5) is 5.69 Å². The Hall–Kier alpha value is -1.45. The third kappa shape index (κ3) is 3.11. The van der Waals surface area contributed by atoms with E-state index in [9.17, 15) is 8.42 Å². The summed E-state index contributed by atoms with van der Waals surface area (Å²) in [5, 5.41) is 6.04. The second-order valence-corrected chi connectivity index (χ2v) is 6.63. The number of hydrogen-bond acceptors (Lipinski definition) is 4. The molecule has 0 bridgehead atoms. The van der Waals surface area contributed by atoms with Gasteiger partial charge in [-0.3, -0.25) is 9.82 Å². The first kappa shape index (κ1) is 14.0. The molecule has 0 saturated carbocycles. The van der Waals surface area contributed by atoms with Crippen LogP contribution in [0.1, 0.15) is 5.56 Å². The molecule has 1 heterocycles. The Balaban J connectivity index is 2.42. The molecular weight excluding hydrogens is 352 g/mol. The summed E-state index contributed by atoms with van der Waals surface area (Å²) >= 11 is 8.18. The van der Waals surface area contributed by atoms with Gasteiger partial charge in [-0.05, 0) is 18.2 Å². The quantitative estimate of drug-likeness (QED) is 0.719. The number of aromatic amines is 1. The maximum Gasteiger partial charge on any atom is 0.265 e. The van der Waals surface area contributed by atoms with Crippen molar-refractivity contribution in [3.8, 4) is 0 Å².